The molecule has 3 fully saturated rings. The molecule has 7 nitrogen and oxygen atoms in total. The van der Waals surface area contributed by atoms with Gasteiger partial charge in [-0.2, -0.15) is 0 Å². The summed E-state index contributed by atoms with van der Waals surface area (Å²) in [5.41, 5.74) is 0.351. The van der Waals surface area contributed by atoms with Crippen LogP contribution in [0.2, 0.25) is 0 Å². The lowest BCUT2D eigenvalue weighted by Gasteiger charge is -2.50. The van der Waals surface area contributed by atoms with E-state index >= 15 is 0 Å². The third-order valence-electron chi connectivity index (χ3n) is 7.31. The van der Waals surface area contributed by atoms with E-state index in [0.29, 0.717) is 0 Å². The lowest BCUT2D eigenvalue weighted by molar-refractivity contribution is -0.00842. The monoisotopic (exact) mass is 536 g/mol. The molecule has 30 heavy (non-hydrogen) atoms. The van der Waals surface area contributed by atoms with Gasteiger partial charge in [-0.05, 0) is 72.8 Å². The van der Waals surface area contributed by atoms with Gasteiger partial charge in [0.15, 0.2) is 5.96 Å². The summed E-state index contributed by atoms with van der Waals surface area (Å²) in [7, 11) is 4.14. The van der Waals surface area contributed by atoms with Gasteiger partial charge in [-0.1, -0.05) is 6.42 Å². The number of nitrogens with zero attached hydrogens (tertiary/aromatic N) is 4. The molecule has 0 amide bonds. The number of guanidine groups is 1. The number of aliphatic imine (C=N–C) groups is 1. The molecule has 3 aliphatic rings. The van der Waals surface area contributed by atoms with Crippen LogP contribution in [0.1, 0.15) is 46.0 Å². The van der Waals surface area contributed by atoms with Crippen molar-refractivity contribution in [3.8, 4) is 0 Å². The van der Waals surface area contributed by atoms with Crippen molar-refractivity contribution in [1.29, 1.82) is 0 Å². The van der Waals surface area contributed by atoms with Gasteiger partial charge in [0, 0.05) is 44.3 Å². The van der Waals surface area contributed by atoms with E-state index < -0.39 is 0 Å². The Morgan fingerprint density at radius 3 is 2.20 bits per heavy atom. The van der Waals surface area contributed by atoms with Gasteiger partial charge in [-0.25, -0.2) is 0 Å². The number of halogens is 1. The van der Waals surface area contributed by atoms with Crippen molar-refractivity contribution < 1.29 is 4.74 Å². The van der Waals surface area contributed by atoms with Crippen LogP contribution in [-0.2, 0) is 4.74 Å². The summed E-state index contributed by atoms with van der Waals surface area (Å²) in [6.45, 7) is 15.1. The molecule has 3 aliphatic heterocycles. The Labute approximate surface area is 201 Å². The SMILES string of the molecule is CN=C(NCC(C)(C)N1CCOCC1)NCC1(N2CCCCC2)CCN(C)CC1.I. The van der Waals surface area contributed by atoms with Crippen LogP contribution in [0.4, 0.5) is 0 Å². The lowest BCUT2D eigenvalue weighted by Crippen LogP contribution is -2.62. The molecule has 0 spiro atoms. The molecule has 0 aliphatic carbocycles. The Hall–Kier alpha value is -0.160. The molecule has 0 aromatic rings. The normalized spacial score (nSPS) is 24.9. The van der Waals surface area contributed by atoms with Crippen LogP contribution >= 0.6 is 24.0 Å². The van der Waals surface area contributed by atoms with Gasteiger partial charge in [0.25, 0.3) is 0 Å². The fourth-order valence-electron chi connectivity index (χ4n) is 5.06. The summed E-state index contributed by atoms with van der Waals surface area (Å²) in [6, 6.07) is 0. The number of morpholine rings is 1. The molecule has 176 valence electrons. The molecule has 8 heteroatoms. The predicted octanol–water partition coefficient (Wildman–Crippen LogP) is 1.83. The Kier molecular flexibility index (Phi) is 10.6. The minimum atomic E-state index is 0. The molecular weight excluding hydrogens is 491 g/mol. The predicted molar refractivity (Wildman–Crippen MR) is 136 cm³/mol. The van der Waals surface area contributed by atoms with Gasteiger partial charge in [-0.15, -0.1) is 24.0 Å². The van der Waals surface area contributed by atoms with Gasteiger partial charge in [-0.3, -0.25) is 14.8 Å². The summed E-state index contributed by atoms with van der Waals surface area (Å²) in [5.74, 6) is 0.932. The largest absolute Gasteiger partial charge is 0.379 e. The maximum absolute atomic E-state index is 5.52. The topological polar surface area (TPSA) is 55.4 Å². The third kappa shape index (κ3) is 6.92. The van der Waals surface area contributed by atoms with Crippen molar-refractivity contribution in [2.75, 3.05) is 79.7 Å². The quantitative estimate of drug-likeness (QED) is 0.307. The van der Waals surface area contributed by atoms with E-state index in [9.17, 15) is 0 Å². The van der Waals surface area contributed by atoms with E-state index in [4.69, 9.17) is 4.74 Å². The van der Waals surface area contributed by atoms with E-state index in [0.717, 1.165) is 45.4 Å². The highest BCUT2D eigenvalue weighted by Gasteiger charge is 2.39. The Morgan fingerprint density at radius 1 is 0.967 bits per heavy atom. The highest BCUT2D eigenvalue weighted by molar-refractivity contribution is 14.0. The first-order valence-electron chi connectivity index (χ1n) is 11.7. The fraction of sp³-hybridized carbons (Fsp3) is 0.955. The van der Waals surface area contributed by atoms with Gasteiger partial charge in [0.05, 0.1) is 13.2 Å². The van der Waals surface area contributed by atoms with Gasteiger partial charge < -0.3 is 20.3 Å². The second-order valence-electron chi connectivity index (χ2n) is 9.77. The molecule has 2 N–H and O–H groups in total. The molecule has 0 aromatic carbocycles. The summed E-state index contributed by atoms with van der Waals surface area (Å²) >= 11 is 0. The molecule has 3 heterocycles. The van der Waals surface area contributed by atoms with E-state index in [2.05, 4.69) is 51.2 Å². The first-order chi connectivity index (χ1) is 14.0. The summed E-state index contributed by atoms with van der Waals surface area (Å²) in [6.07, 6.45) is 6.57. The Bertz CT molecular complexity index is 524. The Morgan fingerprint density at radius 2 is 1.60 bits per heavy atom. The van der Waals surface area contributed by atoms with Gasteiger partial charge in [0.1, 0.15) is 0 Å². The number of ether oxygens (including phenoxy) is 1. The highest BCUT2D eigenvalue weighted by Crippen LogP contribution is 2.30. The zero-order valence-corrected chi connectivity index (χ0v) is 22.0. The van der Waals surface area contributed by atoms with Crippen molar-refractivity contribution in [3.05, 3.63) is 0 Å². The van der Waals surface area contributed by atoms with Crippen LogP contribution in [0, 0.1) is 0 Å². The van der Waals surface area contributed by atoms with Crippen molar-refractivity contribution in [1.82, 2.24) is 25.3 Å². The fourth-order valence-corrected chi connectivity index (χ4v) is 5.06. The number of piperidine rings is 2. The van der Waals surface area contributed by atoms with E-state index in [1.807, 2.05) is 7.05 Å². The average molecular weight is 537 g/mol. The smallest absolute Gasteiger partial charge is 0.191 e. The zero-order chi connectivity index (χ0) is 20.7. The van der Waals surface area contributed by atoms with Crippen molar-refractivity contribution in [2.45, 2.75) is 57.0 Å². The standard InChI is InChI=1S/C22H44N6O.HI/c1-21(2,27-14-16-29-17-15-27)18-24-20(23-3)25-19-22(8-12-26(4)13-9-22)28-10-6-5-7-11-28;/h5-19H2,1-4H3,(H2,23,24,25);1H. The minimum absolute atomic E-state index is 0. The van der Waals surface area contributed by atoms with E-state index in [-0.39, 0.29) is 35.1 Å². The molecule has 0 atom stereocenters. The number of likely N-dealkylation sites (tertiary alicyclic amines) is 2. The highest BCUT2D eigenvalue weighted by atomic mass is 127. The Balaban J connectivity index is 0.00000320. The van der Waals surface area contributed by atoms with Gasteiger partial charge in [0.2, 0.25) is 0 Å². The molecule has 0 radical (unpaired) electrons. The number of hydrogen-bond acceptors (Lipinski definition) is 5. The van der Waals surface area contributed by atoms with Crippen molar-refractivity contribution in [2.24, 2.45) is 4.99 Å². The number of nitrogens with one attached hydrogen (secondary N) is 2. The van der Waals surface area contributed by atoms with Crippen molar-refractivity contribution >= 4 is 29.9 Å². The van der Waals surface area contributed by atoms with Crippen LogP contribution in [0.5, 0.6) is 0 Å². The lowest BCUT2D eigenvalue weighted by atomic mass is 9.84. The van der Waals surface area contributed by atoms with E-state index in [1.165, 1.54) is 58.3 Å². The van der Waals surface area contributed by atoms with Crippen LogP contribution in [0.15, 0.2) is 4.99 Å². The van der Waals surface area contributed by atoms with Crippen LogP contribution in [0.25, 0.3) is 0 Å². The van der Waals surface area contributed by atoms with Crippen LogP contribution in [-0.4, -0.2) is 111 Å². The second kappa shape index (κ2) is 12.2. The molecule has 0 saturated carbocycles. The third-order valence-corrected chi connectivity index (χ3v) is 7.31. The average Bonchev–Trinajstić information content (AvgIpc) is 2.76. The molecule has 3 saturated heterocycles. The minimum Gasteiger partial charge on any atom is -0.379 e. The number of hydrogen-bond donors (Lipinski definition) is 2. The summed E-state index contributed by atoms with van der Waals surface area (Å²) < 4.78 is 5.52. The first-order valence-corrected chi connectivity index (χ1v) is 11.7. The number of rotatable bonds is 6. The molecular formula is C22H45IN6O. The van der Waals surface area contributed by atoms with Crippen LogP contribution in [0.3, 0.4) is 0 Å². The van der Waals surface area contributed by atoms with Crippen molar-refractivity contribution in [3.63, 3.8) is 0 Å². The van der Waals surface area contributed by atoms with E-state index in [1.54, 1.807) is 0 Å². The summed E-state index contributed by atoms with van der Waals surface area (Å²) in [4.78, 5) is 12.3. The molecule has 3 rings (SSSR count). The summed E-state index contributed by atoms with van der Waals surface area (Å²) in [5, 5.41) is 7.31. The second-order valence-corrected chi connectivity index (χ2v) is 9.77. The van der Waals surface area contributed by atoms with Crippen LogP contribution < -0.4 is 10.6 Å². The molecule has 0 aromatic heterocycles. The molecule has 0 bridgehead atoms. The zero-order valence-electron chi connectivity index (χ0n) is 19.7. The van der Waals surface area contributed by atoms with Gasteiger partial charge >= 0.3 is 0 Å². The maximum Gasteiger partial charge on any atom is 0.191 e. The maximum atomic E-state index is 5.52. The molecule has 0 unspecified atom stereocenters. The first kappa shape index (κ1) is 26.1.